The molecule has 0 rings (SSSR count). The Hall–Kier alpha value is 0.970. The molecular weight excluding hydrogens is 214 g/mol. The molecule has 4 N–H and O–H groups in total. The van der Waals surface area contributed by atoms with Crippen LogP contribution in [0, 0.1) is 0 Å². The Kier molecular flexibility index (Phi) is 7.05. The molecule has 0 aliphatic rings. The number of rotatable bonds is 5. The van der Waals surface area contributed by atoms with Crippen molar-refractivity contribution < 1.29 is 28.6 Å². The minimum atomic E-state index is -2.56. The molecule has 0 aliphatic heterocycles. The van der Waals surface area contributed by atoms with Gasteiger partial charge in [0, 0.05) is 5.75 Å². The van der Waals surface area contributed by atoms with Crippen molar-refractivity contribution in [2.75, 3.05) is 5.75 Å². The number of hydrogen-bond acceptors (Lipinski definition) is 7. The average Bonchev–Trinajstić information content (AvgIpc) is 1.84. The van der Waals surface area contributed by atoms with Gasteiger partial charge in [0.1, 0.15) is 0 Å². The Morgan fingerprint density at radius 2 is 1.45 bits per heavy atom. The molecule has 11 heavy (non-hydrogen) atoms. The van der Waals surface area contributed by atoms with E-state index in [2.05, 4.69) is 21.7 Å². The lowest BCUT2D eigenvalue weighted by molar-refractivity contribution is 0.00889. The highest BCUT2D eigenvalue weighted by Crippen LogP contribution is 2.34. The predicted octanol–water partition coefficient (Wildman–Crippen LogP) is -0.302. The molecule has 0 aromatic carbocycles. The van der Waals surface area contributed by atoms with Crippen molar-refractivity contribution in [2.24, 2.45) is 0 Å². The lowest BCUT2D eigenvalue weighted by Crippen LogP contribution is -2.13. The Labute approximate surface area is 71.2 Å². The summed E-state index contributed by atoms with van der Waals surface area (Å²) < 4.78 is 8.57. The zero-order valence-corrected chi connectivity index (χ0v) is 7.91. The molecule has 0 amide bonds. The van der Waals surface area contributed by atoms with Crippen LogP contribution in [0.2, 0.25) is 0 Å². The van der Waals surface area contributed by atoms with Gasteiger partial charge in [-0.2, -0.15) is 12.6 Å². The summed E-state index contributed by atoms with van der Waals surface area (Å²) in [5, 5.41) is 0. The second-order valence-corrected chi connectivity index (χ2v) is 3.13. The molecule has 0 aromatic heterocycles. The van der Waals surface area contributed by atoms with Crippen molar-refractivity contribution in [2.45, 2.75) is 6.29 Å². The van der Waals surface area contributed by atoms with Crippen molar-refractivity contribution in [1.29, 1.82) is 0 Å². The standard InChI is InChI=1S/C2H8O6P2S/c3-9(4)7-2(1-11)8-10(5)6/h2-6,11H,1H2. The molecule has 0 aromatic rings. The van der Waals surface area contributed by atoms with E-state index in [0.29, 0.717) is 0 Å². The Morgan fingerprint density at radius 1 is 1.09 bits per heavy atom. The molecule has 0 saturated carbocycles. The zero-order valence-electron chi connectivity index (χ0n) is 5.23. The van der Waals surface area contributed by atoms with E-state index in [0.717, 1.165) is 0 Å². The Balaban J connectivity index is 3.58. The van der Waals surface area contributed by atoms with E-state index < -0.39 is 23.5 Å². The van der Waals surface area contributed by atoms with Gasteiger partial charge < -0.3 is 19.6 Å². The van der Waals surface area contributed by atoms with Gasteiger partial charge in [-0.05, 0) is 0 Å². The second-order valence-electron chi connectivity index (χ2n) is 1.33. The molecule has 0 spiro atoms. The summed E-state index contributed by atoms with van der Waals surface area (Å²) >= 11 is 3.69. The third-order valence-corrected chi connectivity index (χ3v) is 1.72. The van der Waals surface area contributed by atoms with E-state index in [-0.39, 0.29) is 5.75 Å². The maximum Gasteiger partial charge on any atom is 0.329 e. The van der Waals surface area contributed by atoms with Gasteiger partial charge in [-0.1, -0.05) is 0 Å². The lowest BCUT2D eigenvalue weighted by atomic mass is 10.8. The molecule has 0 heterocycles. The molecule has 0 bridgehead atoms. The van der Waals surface area contributed by atoms with Crippen LogP contribution in [0.1, 0.15) is 0 Å². The molecule has 0 saturated heterocycles. The first-order valence-electron chi connectivity index (χ1n) is 2.36. The summed E-state index contributed by atoms with van der Waals surface area (Å²) in [6, 6.07) is 0. The van der Waals surface area contributed by atoms with Crippen LogP contribution in [-0.4, -0.2) is 31.6 Å². The highest BCUT2D eigenvalue weighted by Gasteiger charge is 2.16. The summed E-state index contributed by atoms with van der Waals surface area (Å²) in [5.74, 6) is -0.0000926. The summed E-state index contributed by atoms with van der Waals surface area (Å²) in [4.78, 5) is 33.2. The first-order valence-corrected chi connectivity index (χ1v) is 5.32. The number of thiol groups is 1. The van der Waals surface area contributed by atoms with E-state index >= 15 is 0 Å². The quantitative estimate of drug-likeness (QED) is 0.249. The topological polar surface area (TPSA) is 99.4 Å². The zero-order chi connectivity index (χ0) is 8.85. The van der Waals surface area contributed by atoms with Crippen molar-refractivity contribution in [3.63, 3.8) is 0 Å². The van der Waals surface area contributed by atoms with Crippen LogP contribution in [-0.2, 0) is 9.05 Å². The fourth-order valence-corrected chi connectivity index (χ4v) is 1.40. The monoisotopic (exact) mass is 222 g/mol. The highest BCUT2D eigenvalue weighted by atomic mass is 32.1. The third-order valence-electron chi connectivity index (χ3n) is 0.573. The van der Waals surface area contributed by atoms with Crippen molar-refractivity contribution in [3.8, 4) is 0 Å². The van der Waals surface area contributed by atoms with Crippen LogP contribution in [0.25, 0.3) is 0 Å². The third kappa shape index (κ3) is 7.33. The lowest BCUT2D eigenvalue weighted by Gasteiger charge is -2.15. The van der Waals surface area contributed by atoms with E-state index in [1.807, 2.05) is 0 Å². The summed E-state index contributed by atoms with van der Waals surface area (Å²) in [6.07, 6.45) is -1.11. The normalized spacial score (nSPS) is 12.0. The maximum atomic E-state index is 8.29. The van der Waals surface area contributed by atoms with E-state index in [9.17, 15) is 0 Å². The molecule has 9 heteroatoms. The molecule has 0 fully saturated rings. The first kappa shape index (κ1) is 12.0. The van der Waals surface area contributed by atoms with Gasteiger partial charge in [-0.3, -0.25) is 9.05 Å². The van der Waals surface area contributed by atoms with Crippen LogP contribution in [0.3, 0.4) is 0 Å². The van der Waals surface area contributed by atoms with Gasteiger partial charge >= 0.3 is 17.2 Å². The number of hydrogen-bond donors (Lipinski definition) is 5. The van der Waals surface area contributed by atoms with E-state index in [4.69, 9.17) is 19.6 Å². The molecule has 0 radical (unpaired) electrons. The van der Waals surface area contributed by atoms with Crippen LogP contribution >= 0.6 is 29.8 Å². The average molecular weight is 222 g/mol. The molecule has 68 valence electrons. The van der Waals surface area contributed by atoms with Crippen LogP contribution < -0.4 is 0 Å². The van der Waals surface area contributed by atoms with Crippen molar-refractivity contribution in [1.82, 2.24) is 0 Å². The first-order chi connectivity index (χ1) is 5.06. The second kappa shape index (κ2) is 6.48. The van der Waals surface area contributed by atoms with Crippen molar-refractivity contribution >= 4 is 29.8 Å². The minimum absolute atomic E-state index is 0.0000926. The van der Waals surface area contributed by atoms with Gasteiger partial charge in [0.25, 0.3) is 0 Å². The Morgan fingerprint density at radius 3 is 1.64 bits per heavy atom. The van der Waals surface area contributed by atoms with Crippen molar-refractivity contribution in [3.05, 3.63) is 0 Å². The maximum absolute atomic E-state index is 8.29. The van der Waals surface area contributed by atoms with Crippen LogP contribution in [0.15, 0.2) is 0 Å². The summed E-state index contributed by atoms with van der Waals surface area (Å²) in [6.45, 7) is 0. The molecule has 6 nitrogen and oxygen atoms in total. The predicted molar refractivity (Wildman–Crippen MR) is 42.5 cm³/mol. The van der Waals surface area contributed by atoms with Crippen LogP contribution in [0.5, 0.6) is 0 Å². The van der Waals surface area contributed by atoms with Gasteiger partial charge in [0.05, 0.1) is 0 Å². The SMILES string of the molecule is OP(O)OC(CS)OP(O)O. The minimum Gasteiger partial charge on any atom is -0.328 e. The molecule has 0 unspecified atom stereocenters. The fourth-order valence-electron chi connectivity index (χ4n) is 0.296. The molecular formula is C2H8O6P2S. The summed E-state index contributed by atoms with van der Waals surface area (Å²) in [7, 11) is -5.12. The fraction of sp³-hybridized carbons (Fsp3) is 1.00. The molecule has 0 atom stereocenters. The highest BCUT2D eigenvalue weighted by molar-refractivity contribution is 7.80. The largest absolute Gasteiger partial charge is 0.329 e. The van der Waals surface area contributed by atoms with E-state index in [1.54, 1.807) is 0 Å². The Bertz CT molecular complexity index is 90.6. The van der Waals surface area contributed by atoms with Gasteiger partial charge in [0.2, 0.25) is 0 Å². The van der Waals surface area contributed by atoms with Gasteiger partial charge in [-0.15, -0.1) is 0 Å². The summed E-state index contributed by atoms with van der Waals surface area (Å²) in [5.41, 5.74) is 0. The van der Waals surface area contributed by atoms with Crippen LogP contribution in [0.4, 0.5) is 0 Å². The van der Waals surface area contributed by atoms with Gasteiger partial charge in [-0.25, -0.2) is 0 Å². The smallest absolute Gasteiger partial charge is 0.328 e. The van der Waals surface area contributed by atoms with E-state index in [1.165, 1.54) is 0 Å². The molecule has 0 aliphatic carbocycles. The van der Waals surface area contributed by atoms with Gasteiger partial charge in [0.15, 0.2) is 6.29 Å².